The van der Waals surface area contributed by atoms with Crippen molar-refractivity contribution in [1.29, 1.82) is 0 Å². The van der Waals surface area contributed by atoms with E-state index in [0.29, 0.717) is 60.9 Å². The van der Waals surface area contributed by atoms with Crippen LogP contribution in [0.3, 0.4) is 0 Å². The Kier molecular flexibility index (Phi) is 130. The molecule has 0 saturated carbocycles. The smallest absolute Gasteiger partial charge is 0.333 e. The van der Waals surface area contributed by atoms with Crippen LogP contribution in [-0.4, -0.2) is 62.9 Å². The van der Waals surface area contributed by atoms with E-state index in [1.807, 2.05) is 0 Å². The first-order chi connectivity index (χ1) is 65.9. The number of ether oxygens (including phenoxy) is 5. The Morgan fingerprint density at radius 1 is 0.119 bits per heavy atom. The Morgan fingerprint density at radius 2 is 0.178 bits per heavy atom. The van der Waals surface area contributed by atoms with E-state index >= 15 is 0 Å². The van der Waals surface area contributed by atoms with Crippen molar-refractivity contribution < 1.29 is 47.7 Å². The minimum atomic E-state index is -0.253. The maximum absolute atomic E-state index is 11.2. The lowest BCUT2D eigenvalue weighted by molar-refractivity contribution is -0.139. The van der Waals surface area contributed by atoms with Crippen LogP contribution in [-0.2, 0) is 47.7 Å². The van der Waals surface area contributed by atoms with Gasteiger partial charge in [-0.2, -0.15) is 0 Å². The highest BCUT2D eigenvalue weighted by atomic mass is 16.5. The first-order valence-corrected chi connectivity index (χ1v) is 60.0. The summed E-state index contributed by atoms with van der Waals surface area (Å²) in [4.78, 5) is 56.1. The maximum atomic E-state index is 11.2. The summed E-state index contributed by atoms with van der Waals surface area (Å²) in [5.41, 5.74) is 2.47. The van der Waals surface area contributed by atoms with Crippen LogP contribution in [0.1, 0.15) is 679 Å². The van der Waals surface area contributed by atoms with Crippen molar-refractivity contribution in [1.82, 2.24) is 0 Å². The van der Waals surface area contributed by atoms with Gasteiger partial charge in [-0.25, -0.2) is 24.0 Å². The fraction of sp³-hybridized carbons (Fsp3) is 0.880. The number of esters is 5. The van der Waals surface area contributed by atoms with Gasteiger partial charge in [-0.15, -0.1) is 0 Å². The van der Waals surface area contributed by atoms with Crippen molar-refractivity contribution >= 4 is 29.8 Å². The van der Waals surface area contributed by atoms with Crippen LogP contribution in [0.25, 0.3) is 0 Å². The summed E-state index contributed by atoms with van der Waals surface area (Å²) in [6.45, 7) is 40.5. The molecule has 800 valence electrons. The van der Waals surface area contributed by atoms with Crippen LogP contribution in [0.15, 0.2) is 60.8 Å². The third-order valence-electron chi connectivity index (χ3n) is 26.6. The Labute approximate surface area is 845 Å². The monoisotopic (exact) mass is 1900 g/mol. The molecule has 10 heteroatoms. The number of rotatable bonds is 105. The molecule has 0 aromatic carbocycles. The van der Waals surface area contributed by atoms with Crippen LogP contribution in [0.2, 0.25) is 0 Å². The molecule has 0 aromatic rings. The number of hydrogen-bond donors (Lipinski definition) is 0. The van der Waals surface area contributed by atoms with Crippen molar-refractivity contribution in [2.24, 2.45) is 0 Å². The maximum Gasteiger partial charge on any atom is 0.333 e. The molecular formula is C125H240O10. The Bertz CT molecular complexity index is 2440. The van der Waals surface area contributed by atoms with Gasteiger partial charge in [0.1, 0.15) is 0 Å². The van der Waals surface area contributed by atoms with Gasteiger partial charge in [-0.1, -0.05) is 645 Å². The summed E-state index contributed by atoms with van der Waals surface area (Å²) in [5, 5.41) is 0. The minimum Gasteiger partial charge on any atom is -0.462 e. The SMILES string of the molecule is C=C(C)C(=O)OCCCCCCCCCCCCCCCCCCC.C=C(C)C(=O)OCCCCCCCCCCCCCCCCCCCC.C=C(C)C(=O)OCCCCCCCCCCCCCCCCCCCCC.C=C(C)C(=O)OCCCCCCCCCCCCCCCCCCCCCC.C=C(C)C(=O)OCCCCCCCCCCCCCCCCCCCCCCC. The molecule has 0 atom stereocenters. The molecule has 135 heavy (non-hydrogen) atoms. The van der Waals surface area contributed by atoms with E-state index in [9.17, 15) is 24.0 Å². The van der Waals surface area contributed by atoms with E-state index in [-0.39, 0.29) is 29.8 Å². The van der Waals surface area contributed by atoms with Gasteiger partial charge < -0.3 is 23.7 Å². The van der Waals surface area contributed by atoms with E-state index in [4.69, 9.17) is 23.7 Å². The molecule has 0 fully saturated rings. The van der Waals surface area contributed by atoms with Crippen molar-refractivity contribution in [2.75, 3.05) is 33.0 Å². The van der Waals surface area contributed by atoms with Crippen LogP contribution in [0, 0.1) is 0 Å². The Morgan fingerprint density at radius 3 is 0.237 bits per heavy atom. The molecule has 0 unspecified atom stereocenters. The van der Waals surface area contributed by atoms with Gasteiger partial charge in [0.2, 0.25) is 0 Å². The lowest BCUT2D eigenvalue weighted by Gasteiger charge is -2.05. The molecule has 0 aromatic heterocycles. The quantitative estimate of drug-likeness (QED) is 0.0251. The third-order valence-corrected chi connectivity index (χ3v) is 26.6. The summed E-state index contributed by atoms with van der Waals surface area (Å²) < 4.78 is 25.5. The molecule has 0 rings (SSSR count). The number of hydrogen-bond acceptors (Lipinski definition) is 10. The van der Waals surface area contributed by atoms with E-state index in [0.717, 1.165) is 32.1 Å². The van der Waals surface area contributed by atoms with Gasteiger partial charge in [0.05, 0.1) is 33.0 Å². The zero-order chi connectivity index (χ0) is 100. The highest BCUT2D eigenvalue weighted by Crippen LogP contribution is 2.23. The lowest BCUT2D eigenvalue weighted by Crippen LogP contribution is -2.05. The van der Waals surface area contributed by atoms with Gasteiger partial charge >= 0.3 is 29.8 Å². The van der Waals surface area contributed by atoms with Crippen LogP contribution in [0.5, 0.6) is 0 Å². The van der Waals surface area contributed by atoms with Crippen molar-refractivity contribution in [3.05, 3.63) is 60.8 Å². The molecule has 0 bridgehead atoms. The van der Waals surface area contributed by atoms with Gasteiger partial charge in [0, 0.05) is 27.9 Å². The highest BCUT2D eigenvalue weighted by Gasteiger charge is 2.09. The van der Waals surface area contributed by atoms with Gasteiger partial charge in [0.25, 0.3) is 0 Å². The molecule has 0 radical (unpaired) electrons. The second-order valence-corrected chi connectivity index (χ2v) is 41.4. The third kappa shape index (κ3) is 134. The van der Waals surface area contributed by atoms with Gasteiger partial charge in [-0.05, 0) is 66.7 Å². The minimum absolute atomic E-state index is 0.252. The van der Waals surface area contributed by atoms with E-state index in [1.165, 1.54) is 578 Å². The predicted octanol–water partition coefficient (Wildman–Crippen LogP) is 42.7. The summed E-state index contributed by atoms with van der Waals surface area (Å²) in [7, 11) is 0. The zero-order valence-corrected chi connectivity index (χ0v) is 93.3. The summed E-state index contributed by atoms with van der Waals surface area (Å²) in [6, 6.07) is 0. The fourth-order valence-corrected chi connectivity index (χ4v) is 17.3. The van der Waals surface area contributed by atoms with E-state index in [2.05, 4.69) is 67.5 Å². The number of carbonyl (C=O) groups excluding carboxylic acids is 5. The van der Waals surface area contributed by atoms with Crippen molar-refractivity contribution in [2.45, 2.75) is 679 Å². The average Bonchev–Trinajstić information content (AvgIpc) is 1.03. The molecule has 10 nitrogen and oxygen atoms in total. The molecule has 0 heterocycles. The molecule has 0 amide bonds. The Balaban J connectivity index is -0.000000522. The van der Waals surface area contributed by atoms with Gasteiger partial charge in [-0.3, -0.25) is 0 Å². The molecule has 0 aliphatic heterocycles. The second-order valence-electron chi connectivity index (χ2n) is 41.4. The molecule has 0 aliphatic carbocycles. The first kappa shape index (κ1) is 139. The topological polar surface area (TPSA) is 132 Å². The van der Waals surface area contributed by atoms with Crippen molar-refractivity contribution in [3.8, 4) is 0 Å². The Hall–Kier alpha value is -3.95. The summed E-state index contributed by atoms with van der Waals surface area (Å²) >= 11 is 0. The van der Waals surface area contributed by atoms with Crippen LogP contribution >= 0.6 is 0 Å². The van der Waals surface area contributed by atoms with Gasteiger partial charge in [0.15, 0.2) is 0 Å². The second kappa shape index (κ2) is 126. The molecule has 0 spiro atoms. The van der Waals surface area contributed by atoms with Crippen molar-refractivity contribution in [3.63, 3.8) is 0 Å². The van der Waals surface area contributed by atoms with E-state index < -0.39 is 0 Å². The predicted molar refractivity (Wildman–Crippen MR) is 596 cm³/mol. The normalized spacial score (nSPS) is 10.9. The molecule has 0 saturated heterocycles. The molecule has 0 aliphatic rings. The highest BCUT2D eigenvalue weighted by molar-refractivity contribution is 5.88. The fourth-order valence-electron chi connectivity index (χ4n) is 17.3. The van der Waals surface area contributed by atoms with Crippen LogP contribution < -0.4 is 0 Å². The zero-order valence-electron chi connectivity index (χ0n) is 93.3. The average molecular weight is 1900 g/mol. The summed E-state index contributed by atoms with van der Waals surface area (Å²) in [5.74, 6) is -1.26. The summed E-state index contributed by atoms with van der Waals surface area (Å²) in [6.07, 6.45) is 131. The first-order valence-electron chi connectivity index (χ1n) is 60.0. The van der Waals surface area contributed by atoms with E-state index in [1.54, 1.807) is 34.6 Å². The largest absolute Gasteiger partial charge is 0.462 e. The standard InChI is InChI=1S/C27H52O2.C26H50O2.C25H48O2.C24H46O2.C23H44O2/c1-4-5-6-7-8-9-10-11-12-13-14-15-16-17-18-19-20-21-22-23-24-25-29-27(28)26(2)3;1-4-5-6-7-8-9-10-11-12-13-14-15-16-17-18-19-20-21-22-23-24-28-26(27)25(2)3;1-4-5-6-7-8-9-10-11-12-13-14-15-16-17-18-19-20-21-22-23-27-25(26)24(2)3;1-4-5-6-7-8-9-10-11-12-13-14-15-16-17-18-19-20-21-22-26-24(25)23(2)3;1-4-5-6-7-8-9-10-11-12-13-14-15-16-17-18-19-20-21-25-23(24)22(2)3/h2,4-25H2,1,3H3;2,4-24H2,1,3H3;2,4-23H2,1,3H3;2,4-22H2,1,3H3;2,4-21H2,1,3H3. The van der Waals surface area contributed by atoms with Crippen LogP contribution in [0.4, 0.5) is 0 Å². The lowest BCUT2D eigenvalue weighted by atomic mass is 10.0. The number of carbonyl (C=O) groups is 5. The number of unbranched alkanes of at least 4 members (excludes halogenated alkanes) is 90. The molecular weight excluding hydrogens is 1660 g/mol. The molecule has 0 N–H and O–H groups in total.